The summed E-state index contributed by atoms with van der Waals surface area (Å²) in [5.74, 6) is 0.330. The van der Waals surface area contributed by atoms with Crippen molar-refractivity contribution in [3.63, 3.8) is 0 Å². The molecule has 0 fully saturated rings. The predicted octanol–water partition coefficient (Wildman–Crippen LogP) is 4.58. The summed E-state index contributed by atoms with van der Waals surface area (Å²) < 4.78 is 7.51. The molecule has 0 saturated carbocycles. The van der Waals surface area contributed by atoms with Crippen molar-refractivity contribution in [2.24, 2.45) is 4.99 Å². The number of thiazole rings is 1. The van der Waals surface area contributed by atoms with Gasteiger partial charge in [0.15, 0.2) is 9.96 Å². The molecule has 0 bridgehead atoms. The minimum atomic E-state index is -0.779. The fourth-order valence-corrected chi connectivity index (χ4v) is 7.30. The van der Waals surface area contributed by atoms with E-state index >= 15 is 0 Å². The van der Waals surface area contributed by atoms with Crippen LogP contribution in [0.5, 0.6) is 5.75 Å². The highest BCUT2D eigenvalue weighted by Gasteiger charge is 2.35. The summed E-state index contributed by atoms with van der Waals surface area (Å²) in [5.41, 5.74) is 3.08. The number of nitro benzene ring substituents is 1. The molecule has 45 heavy (non-hydrogen) atoms. The monoisotopic (exact) mass is 644 g/mol. The van der Waals surface area contributed by atoms with Gasteiger partial charge in [-0.15, -0.1) is 0 Å². The van der Waals surface area contributed by atoms with Crippen molar-refractivity contribution < 1.29 is 14.5 Å². The van der Waals surface area contributed by atoms with Crippen LogP contribution in [0.25, 0.3) is 6.08 Å². The molecular formula is C32H32N6O5S2. The van der Waals surface area contributed by atoms with Crippen LogP contribution in [0.4, 0.5) is 5.69 Å². The zero-order valence-electron chi connectivity index (χ0n) is 25.7. The molecule has 0 N–H and O–H groups in total. The Hall–Kier alpha value is -4.62. The number of hydrogen-bond donors (Lipinski definition) is 0. The Kier molecular flexibility index (Phi) is 9.30. The number of allylic oxidation sites excluding steroid dienone is 1. The highest BCUT2D eigenvalue weighted by molar-refractivity contribution is 7.99. The number of rotatable bonds is 9. The first-order valence-electron chi connectivity index (χ1n) is 14.3. The van der Waals surface area contributed by atoms with Crippen molar-refractivity contribution in [3.8, 4) is 5.75 Å². The Morgan fingerprint density at radius 2 is 1.80 bits per heavy atom. The number of carbonyl (C=O) groups excluding carboxylic acids is 1. The number of benzene rings is 2. The van der Waals surface area contributed by atoms with Gasteiger partial charge in [0.25, 0.3) is 17.2 Å². The summed E-state index contributed by atoms with van der Waals surface area (Å²) in [6, 6.07) is 13.1. The number of amides is 1. The van der Waals surface area contributed by atoms with Gasteiger partial charge >= 0.3 is 0 Å². The molecule has 0 saturated heterocycles. The molecule has 0 aliphatic carbocycles. The number of para-hydroxylation sites is 1. The number of aromatic nitrogens is 3. The van der Waals surface area contributed by atoms with Crippen LogP contribution in [0.3, 0.4) is 0 Å². The fourth-order valence-electron chi connectivity index (χ4n) is 5.30. The van der Waals surface area contributed by atoms with E-state index in [4.69, 9.17) is 9.73 Å². The van der Waals surface area contributed by atoms with Gasteiger partial charge in [0.2, 0.25) is 0 Å². The first-order chi connectivity index (χ1) is 21.6. The van der Waals surface area contributed by atoms with Crippen molar-refractivity contribution in [1.29, 1.82) is 0 Å². The molecule has 0 unspecified atom stereocenters. The number of nitro groups is 1. The number of fused-ring (bicyclic) bond motifs is 1. The van der Waals surface area contributed by atoms with Crippen LogP contribution in [-0.4, -0.2) is 50.5 Å². The zero-order valence-corrected chi connectivity index (χ0v) is 27.4. The molecule has 5 rings (SSSR count). The average Bonchev–Trinajstić information content (AvgIpc) is 3.30. The lowest BCUT2D eigenvalue weighted by molar-refractivity contribution is -0.387. The number of methoxy groups -OCH3 is 1. The Labute approximate surface area is 267 Å². The van der Waals surface area contributed by atoms with Crippen molar-refractivity contribution >= 4 is 40.8 Å². The van der Waals surface area contributed by atoms with E-state index in [0.29, 0.717) is 60.6 Å². The van der Waals surface area contributed by atoms with Crippen LogP contribution in [0, 0.1) is 24.0 Å². The summed E-state index contributed by atoms with van der Waals surface area (Å²) in [5, 5.41) is 12.5. The third kappa shape index (κ3) is 6.31. The largest absolute Gasteiger partial charge is 0.496 e. The normalized spacial score (nSPS) is 14.6. The molecule has 1 aliphatic heterocycles. The Morgan fingerprint density at radius 1 is 1.11 bits per heavy atom. The third-order valence-corrected chi connectivity index (χ3v) is 9.29. The van der Waals surface area contributed by atoms with E-state index in [-0.39, 0.29) is 17.2 Å². The molecule has 0 radical (unpaired) electrons. The number of nitrogens with zero attached hydrogens (tertiary/aromatic N) is 6. The second kappa shape index (κ2) is 13.2. The second-order valence-electron chi connectivity index (χ2n) is 10.3. The van der Waals surface area contributed by atoms with Gasteiger partial charge in [-0.2, -0.15) is 0 Å². The van der Waals surface area contributed by atoms with Crippen molar-refractivity contribution in [2.45, 2.75) is 50.7 Å². The van der Waals surface area contributed by atoms with Gasteiger partial charge in [-0.3, -0.25) is 24.3 Å². The molecule has 232 valence electrons. The minimum Gasteiger partial charge on any atom is -0.496 e. The smallest absolute Gasteiger partial charge is 0.283 e. The van der Waals surface area contributed by atoms with Gasteiger partial charge < -0.3 is 9.64 Å². The number of carbonyl (C=O) groups is 1. The maximum atomic E-state index is 14.1. The van der Waals surface area contributed by atoms with E-state index in [9.17, 15) is 19.7 Å². The Bertz CT molecular complexity index is 2010. The van der Waals surface area contributed by atoms with Gasteiger partial charge in [0.05, 0.1) is 32.7 Å². The summed E-state index contributed by atoms with van der Waals surface area (Å²) in [6.45, 7) is 10.3. The molecule has 1 aliphatic rings. The lowest BCUT2D eigenvalue weighted by Crippen LogP contribution is -2.43. The lowest BCUT2D eigenvalue weighted by atomic mass is 9.94. The molecule has 13 heteroatoms. The van der Waals surface area contributed by atoms with Crippen LogP contribution in [0.15, 0.2) is 79.6 Å². The molecular weight excluding hydrogens is 613 g/mol. The molecule has 1 atom stereocenters. The minimum absolute atomic E-state index is 0.126. The van der Waals surface area contributed by atoms with Gasteiger partial charge in [0.1, 0.15) is 11.8 Å². The maximum absolute atomic E-state index is 14.1. The van der Waals surface area contributed by atoms with E-state index < -0.39 is 11.0 Å². The van der Waals surface area contributed by atoms with E-state index in [0.717, 1.165) is 34.5 Å². The van der Waals surface area contributed by atoms with E-state index in [2.05, 4.69) is 9.97 Å². The second-order valence-corrected chi connectivity index (χ2v) is 12.3. The SMILES string of the molecule is CCN(CC)C(=O)C1=C(C)N=c2s/c(=C\c3ccc(Sc4nc(C)cc(C)n4)c([N+](=O)[O-])c3)c(=O)n2[C@H]1c1ccccc1OC. The van der Waals surface area contributed by atoms with Crippen molar-refractivity contribution in [1.82, 2.24) is 19.4 Å². The van der Waals surface area contributed by atoms with E-state index in [1.807, 2.05) is 52.0 Å². The highest BCUT2D eigenvalue weighted by Crippen LogP contribution is 2.36. The molecule has 2 aromatic heterocycles. The number of aryl methyl sites for hydroxylation is 2. The van der Waals surface area contributed by atoms with Gasteiger partial charge in [-0.05, 0) is 76.2 Å². The quantitative estimate of drug-likeness (QED) is 0.147. The Morgan fingerprint density at radius 3 is 2.44 bits per heavy atom. The molecule has 3 heterocycles. The molecule has 1 amide bonds. The summed E-state index contributed by atoms with van der Waals surface area (Å²) in [4.78, 5) is 55.6. The van der Waals surface area contributed by atoms with Crippen LogP contribution in [-0.2, 0) is 4.79 Å². The Balaban J connectivity index is 1.65. The first kappa shape index (κ1) is 31.8. The van der Waals surface area contributed by atoms with Crippen LogP contribution in [0.1, 0.15) is 49.3 Å². The summed E-state index contributed by atoms with van der Waals surface area (Å²) in [7, 11) is 1.55. The summed E-state index contributed by atoms with van der Waals surface area (Å²) in [6.07, 6.45) is 1.61. The highest BCUT2D eigenvalue weighted by atomic mass is 32.2. The molecule has 4 aromatic rings. The maximum Gasteiger partial charge on any atom is 0.283 e. The third-order valence-electron chi connectivity index (χ3n) is 7.38. The van der Waals surface area contributed by atoms with Crippen molar-refractivity contribution in [3.05, 3.63) is 112 Å². The van der Waals surface area contributed by atoms with Crippen LogP contribution in [0.2, 0.25) is 0 Å². The van der Waals surface area contributed by atoms with Gasteiger partial charge in [0, 0.05) is 36.1 Å². The number of hydrogen-bond acceptors (Lipinski definition) is 10. The van der Waals surface area contributed by atoms with Crippen molar-refractivity contribution in [2.75, 3.05) is 20.2 Å². The lowest BCUT2D eigenvalue weighted by Gasteiger charge is -2.29. The topological polar surface area (TPSA) is 133 Å². The number of ether oxygens (including phenoxy) is 1. The predicted molar refractivity (Wildman–Crippen MR) is 173 cm³/mol. The van der Waals surface area contributed by atoms with Gasteiger partial charge in [-0.25, -0.2) is 15.0 Å². The number of likely N-dealkylation sites (N-methyl/N-ethyl adjacent to an activating group) is 1. The fraction of sp³-hybridized carbons (Fsp3) is 0.281. The average molecular weight is 645 g/mol. The van der Waals surface area contributed by atoms with E-state index in [1.165, 1.54) is 10.6 Å². The van der Waals surface area contributed by atoms with Gasteiger partial charge in [-0.1, -0.05) is 35.6 Å². The molecule has 2 aromatic carbocycles. The zero-order chi connectivity index (χ0) is 32.4. The summed E-state index contributed by atoms with van der Waals surface area (Å²) >= 11 is 2.28. The van der Waals surface area contributed by atoms with E-state index in [1.54, 1.807) is 43.2 Å². The first-order valence-corrected chi connectivity index (χ1v) is 15.9. The molecule has 11 nitrogen and oxygen atoms in total. The molecule has 0 spiro atoms. The standard InChI is InChI=1S/C32H32N6O5S2/c1-7-36(8-2)30(40)27-20(5)35-32-37(28(27)22-11-9-10-12-24(22)43-6)29(39)26(45-32)17-21-13-14-25(23(16-21)38(41)42)44-31-33-18(3)15-19(4)34-31/h9-17,28H,7-8H2,1-6H3/b26-17-/t28-/m0/s1. The van der Waals surface area contributed by atoms with Crippen LogP contribution >= 0.6 is 23.1 Å². The van der Waals surface area contributed by atoms with Crippen LogP contribution < -0.4 is 19.6 Å².